The average molecular weight is 291 g/mol. The van der Waals surface area contributed by atoms with E-state index in [0.717, 1.165) is 25.0 Å². The highest BCUT2D eigenvalue weighted by molar-refractivity contribution is 7.07. The van der Waals surface area contributed by atoms with Crippen molar-refractivity contribution >= 4 is 17.3 Å². The smallest absolute Gasteiger partial charge is 0.306 e. The Balaban J connectivity index is 1.52. The van der Waals surface area contributed by atoms with Crippen LogP contribution < -0.4 is 0 Å². The van der Waals surface area contributed by atoms with E-state index in [9.17, 15) is 4.79 Å². The van der Waals surface area contributed by atoms with Gasteiger partial charge in [0.2, 0.25) is 0 Å². The highest BCUT2D eigenvalue weighted by atomic mass is 32.1. The third kappa shape index (κ3) is 3.07. The Hall–Kier alpha value is -1.69. The number of aromatic nitrogens is 3. The molecule has 106 valence electrons. The van der Waals surface area contributed by atoms with Gasteiger partial charge in [0.25, 0.3) is 0 Å². The normalized spacial score (nSPS) is 22.0. The van der Waals surface area contributed by atoms with Crippen LogP contribution in [0.2, 0.25) is 0 Å². The molecule has 5 nitrogen and oxygen atoms in total. The Morgan fingerprint density at radius 1 is 1.50 bits per heavy atom. The number of hydrogen-bond donors (Lipinski definition) is 0. The molecule has 2 heterocycles. The highest BCUT2D eigenvalue weighted by Crippen LogP contribution is 2.32. The summed E-state index contributed by atoms with van der Waals surface area (Å²) in [5.74, 6) is -0.137. The lowest BCUT2D eigenvalue weighted by atomic mass is 10.2. The molecule has 0 saturated heterocycles. The van der Waals surface area contributed by atoms with E-state index in [4.69, 9.17) is 4.74 Å². The topological polar surface area (TPSA) is 57.0 Å². The maximum Gasteiger partial charge on any atom is 0.306 e. The zero-order chi connectivity index (χ0) is 13.8. The van der Waals surface area contributed by atoms with Crippen LogP contribution in [0.4, 0.5) is 0 Å². The van der Waals surface area contributed by atoms with Gasteiger partial charge in [0, 0.05) is 24.2 Å². The van der Waals surface area contributed by atoms with Crippen LogP contribution in [0, 0.1) is 0 Å². The molecular weight excluding hydrogens is 274 g/mol. The predicted molar refractivity (Wildman–Crippen MR) is 75.4 cm³/mol. The Labute approximate surface area is 121 Å². The van der Waals surface area contributed by atoms with Crippen LogP contribution in [0.3, 0.4) is 0 Å². The average Bonchev–Trinajstić information content (AvgIpc) is 3.18. The standard InChI is InChI=1S/C14H17N3O2S/c18-14(6-5-11-9-20-10-15-11)19-13-4-1-3-12(13)17-8-2-7-16-17/h2,7-10,12-13H,1,3-6H2/t12-,13-/m1/s1. The summed E-state index contributed by atoms with van der Waals surface area (Å²) >= 11 is 1.55. The molecule has 0 radical (unpaired) electrons. The summed E-state index contributed by atoms with van der Waals surface area (Å²) in [6.45, 7) is 0. The van der Waals surface area contributed by atoms with E-state index in [0.29, 0.717) is 12.8 Å². The van der Waals surface area contributed by atoms with Crippen molar-refractivity contribution in [1.82, 2.24) is 14.8 Å². The molecule has 2 aromatic heterocycles. The fraction of sp³-hybridized carbons (Fsp3) is 0.500. The van der Waals surface area contributed by atoms with Gasteiger partial charge < -0.3 is 4.74 Å². The zero-order valence-corrected chi connectivity index (χ0v) is 12.0. The number of nitrogens with zero attached hydrogens (tertiary/aromatic N) is 3. The SMILES string of the molecule is O=C(CCc1cscn1)O[C@@H]1CCC[C@H]1n1cccn1. The zero-order valence-electron chi connectivity index (χ0n) is 11.1. The van der Waals surface area contributed by atoms with Gasteiger partial charge in [-0.25, -0.2) is 4.98 Å². The van der Waals surface area contributed by atoms with Crippen molar-refractivity contribution in [3.8, 4) is 0 Å². The fourth-order valence-electron chi connectivity index (χ4n) is 2.64. The Morgan fingerprint density at radius 3 is 3.20 bits per heavy atom. The van der Waals surface area contributed by atoms with Gasteiger partial charge in [-0.3, -0.25) is 9.48 Å². The molecule has 0 aromatic carbocycles. The minimum Gasteiger partial charge on any atom is -0.460 e. The van der Waals surface area contributed by atoms with Crippen molar-refractivity contribution < 1.29 is 9.53 Å². The molecule has 1 aliphatic carbocycles. The molecule has 0 aliphatic heterocycles. The summed E-state index contributed by atoms with van der Waals surface area (Å²) < 4.78 is 7.53. The highest BCUT2D eigenvalue weighted by Gasteiger charge is 2.32. The van der Waals surface area contributed by atoms with Crippen LogP contribution in [0.15, 0.2) is 29.4 Å². The summed E-state index contributed by atoms with van der Waals surface area (Å²) in [6.07, 6.45) is 7.73. The van der Waals surface area contributed by atoms with Crippen molar-refractivity contribution in [3.63, 3.8) is 0 Å². The molecule has 20 heavy (non-hydrogen) atoms. The van der Waals surface area contributed by atoms with Crippen LogP contribution in [0.1, 0.15) is 37.4 Å². The lowest BCUT2D eigenvalue weighted by Crippen LogP contribution is -2.25. The Morgan fingerprint density at radius 2 is 2.45 bits per heavy atom. The second-order valence-electron chi connectivity index (χ2n) is 4.99. The Bertz CT molecular complexity index is 539. The molecule has 3 rings (SSSR count). The Kier molecular flexibility index (Phi) is 4.11. The summed E-state index contributed by atoms with van der Waals surface area (Å²) in [6, 6.07) is 2.09. The molecule has 1 aliphatic rings. The lowest BCUT2D eigenvalue weighted by molar-refractivity contribution is -0.150. The number of carbonyl (C=O) groups excluding carboxylic acids is 1. The number of carbonyl (C=O) groups is 1. The molecule has 2 aromatic rings. The first-order valence-electron chi connectivity index (χ1n) is 6.88. The number of thiazole rings is 1. The quantitative estimate of drug-likeness (QED) is 0.795. The van der Waals surface area contributed by atoms with E-state index in [1.807, 2.05) is 22.3 Å². The molecule has 2 atom stereocenters. The summed E-state index contributed by atoms with van der Waals surface area (Å²) in [5, 5.41) is 6.23. The van der Waals surface area contributed by atoms with Gasteiger partial charge in [-0.2, -0.15) is 5.10 Å². The fourth-order valence-corrected chi connectivity index (χ4v) is 3.24. The van der Waals surface area contributed by atoms with Crippen molar-refractivity contribution in [2.24, 2.45) is 0 Å². The van der Waals surface area contributed by atoms with Crippen molar-refractivity contribution in [2.75, 3.05) is 0 Å². The van der Waals surface area contributed by atoms with Crippen LogP contribution in [0.5, 0.6) is 0 Å². The molecule has 0 N–H and O–H groups in total. The summed E-state index contributed by atoms with van der Waals surface area (Å²) in [4.78, 5) is 16.1. The third-order valence-electron chi connectivity index (χ3n) is 3.63. The molecule has 0 bridgehead atoms. The van der Waals surface area contributed by atoms with Gasteiger partial charge in [0.15, 0.2) is 0 Å². The van der Waals surface area contributed by atoms with E-state index < -0.39 is 0 Å². The van der Waals surface area contributed by atoms with E-state index >= 15 is 0 Å². The van der Waals surface area contributed by atoms with Gasteiger partial charge in [-0.05, 0) is 25.3 Å². The second-order valence-corrected chi connectivity index (χ2v) is 5.71. The third-order valence-corrected chi connectivity index (χ3v) is 4.27. The van der Waals surface area contributed by atoms with Crippen LogP contribution in [-0.4, -0.2) is 26.8 Å². The molecule has 0 amide bonds. The second kappa shape index (κ2) is 6.17. The monoisotopic (exact) mass is 291 g/mol. The van der Waals surface area contributed by atoms with E-state index in [1.54, 1.807) is 23.0 Å². The molecule has 1 saturated carbocycles. The van der Waals surface area contributed by atoms with Crippen molar-refractivity contribution in [3.05, 3.63) is 35.0 Å². The van der Waals surface area contributed by atoms with E-state index in [1.165, 1.54) is 0 Å². The largest absolute Gasteiger partial charge is 0.460 e. The van der Waals surface area contributed by atoms with E-state index in [2.05, 4.69) is 10.1 Å². The van der Waals surface area contributed by atoms with Gasteiger partial charge in [0.05, 0.1) is 23.7 Å². The predicted octanol–water partition coefficient (Wildman–Crippen LogP) is 2.61. The molecule has 6 heteroatoms. The summed E-state index contributed by atoms with van der Waals surface area (Å²) in [5.41, 5.74) is 2.74. The van der Waals surface area contributed by atoms with Crippen molar-refractivity contribution in [1.29, 1.82) is 0 Å². The van der Waals surface area contributed by atoms with Gasteiger partial charge in [-0.1, -0.05) is 0 Å². The van der Waals surface area contributed by atoms with Crippen LogP contribution in [-0.2, 0) is 16.0 Å². The number of aryl methyl sites for hydroxylation is 1. The molecule has 0 spiro atoms. The van der Waals surface area contributed by atoms with Gasteiger partial charge in [-0.15, -0.1) is 11.3 Å². The number of esters is 1. The van der Waals surface area contributed by atoms with Crippen LogP contribution >= 0.6 is 11.3 Å². The lowest BCUT2D eigenvalue weighted by Gasteiger charge is -2.20. The van der Waals surface area contributed by atoms with Crippen molar-refractivity contribution in [2.45, 2.75) is 44.2 Å². The first-order valence-corrected chi connectivity index (χ1v) is 7.83. The maximum atomic E-state index is 11.9. The summed E-state index contributed by atoms with van der Waals surface area (Å²) in [7, 11) is 0. The first kappa shape index (κ1) is 13.3. The molecule has 0 unspecified atom stereocenters. The van der Waals surface area contributed by atoms with E-state index in [-0.39, 0.29) is 18.1 Å². The number of rotatable bonds is 5. The number of hydrogen-bond acceptors (Lipinski definition) is 5. The van der Waals surface area contributed by atoms with Crippen LogP contribution in [0.25, 0.3) is 0 Å². The minimum absolute atomic E-state index is 0.0437. The first-order chi connectivity index (χ1) is 9.83. The minimum atomic E-state index is -0.137. The number of ether oxygens (including phenoxy) is 1. The van der Waals surface area contributed by atoms with Gasteiger partial charge >= 0.3 is 5.97 Å². The maximum absolute atomic E-state index is 11.9. The molecule has 1 fully saturated rings. The van der Waals surface area contributed by atoms with Gasteiger partial charge in [0.1, 0.15) is 6.10 Å². The molecular formula is C14H17N3O2S.